The van der Waals surface area contributed by atoms with Crippen molar-refractivity contribution in [2.24, 2.45) is 0 Å². The molecule has 0 bridgehead atoms. The second-order valence-electron chi connectivity index (χ2n) is 12.4. The third kappa shape index (κ3) is 3.52. The fourth-order valence-corrected chi connectivity index (χ4v) is 9.14. The third-order valence-corrected chi connectivity index (χ3v) is 11.1. The quantitative estimate of drug-likeness (QED) is 0.181. The first-order chi connectivity index (χ1) is 23.3. The van der Waals surface area contributed by atoms with E-state index >= 15 is 0 Å². The molecular formula is C42H24BNO2S. The molecule has 0 radical (unpaired) electrons. The van der Waals surface area contributed by atoms with E-state index in [1.807, 2.05) is 23.5 Å². The van der Waals surface area contributed by atoms with Gasteiger partial charge in [0, 0.05) is 42.1 Å². The van der Waals surface area contributed by atoms with E-state index in [9.17, 15) is 0 Å². The zero-order valence-corrected chi connectivity index (χ0v) is 25.9. The van der Waals surface area contributed by atoms with Gasteiger partial charge >= 0.3 is 0 Å². The minimum absolute atomic E-state index is 0.0662. The molecule has 0 spiro atoms. The maximum absolute atomic E-state index is 6.63. The topological polar surface area (TPSA) is 23.4 Å². The lowest BCUT2D eigenvalue weighted by atomic mass is 9.35. The van der Waals surface area contributed by atoms with Gasteiger partial charge in [0.1, 0.15) is 23.0 Å². The third-order valence-electron chi connectivity index (χ3n) is 9.91. The lowest BCUT2D eigenvalue weighted by Crippen LogP contribution is -2.57. The summed E-state index contributed by atoms with van der Waals surface area (Å²) in [6.07, 6.45) is 0. The van der Waals surface area contributed by atoms with Gasteiger partial charge in [-0.1, -0.05) is 84.9 Å². The summed E-state index contributed by atoms with van der Waals surface area (Å²) in [5.41, 5.74) is 9.20. The van der Waals surface area contributed by atoms with E-state index in [1.54, 1.807) is 0 Å². The van der Waals surface area contributed by atoms with Crippen LogP contribution in [0, 0.1) is 0 Å². The molecule has 2 aliphatic heterocycles. The Hall–Kier alpha value is -5.78. The molecule has 218 valence electrons. The number of hydrogen-bond donors (Lipinski definition) is 0. The van der Waals surface area contributed by atoms with Crippen LogP contribution >= 0.6 is 11.3 Å². The normalized spacial score (nSPS) is 13.0. The van der Waals surface area contributed by atoms with Crippen molar-refractivity contribution in [2.45, 2.75) is 0 Å². The Balaban J connectivity index is 1.18. The summed E-state index contributed by atoms with van der Waals surface area (Å²) in [7, 11) is 0. The molecule has 4 heterocycles. The Bertz CT molecular complexity index is 2690. The van der Waals surface area contributed by atoms with Crippen LogP contribution in [0.25, 0.3) is 58.8 Å². The highest BCUT2D eigenvalue weighted by Crippen LogP contribution is 2.45. The van der Waals surface area contributed by atoms with Crippen LogP contribution in [0.2, 0.25) is 0 Å². The standard InChI is InChI=1S/C42H24BNO2S/c1-2-10-27(11-3-1)44-33-20-18-25(22-30(33)40-34(44)21-19-29-28-12-4-9-17-39(28)47-42(29)40)26-23-37-41-38(24-26)46-36-16-8-6-14-32(36)43(41)31-13-5-7-15-35(31)45-37/h1-24H. The largest absolute Gasteiger partial charge is 0.458 e. The van der Waals surface area contributed by atoms with Gasteiger partial charge in [-0.05, 0) is 82.7 Å². The molecule has 11 rings (SSSR count). The molecule has 47 heavy (non-hydrogen) atoms. The number of fused-ring (bicyclic) bond motifs is 11. The molecule has 0 N–H and O–H groups in total. The summed E-state index contributed by atoms with van der Waals surface area (Å²) in [5, 5.41) is 5.14. The average molecular weight is 618 g/mol. The number of thiophene rings is 1. The predicted molar refractivity (Wildman–Crippen MR) is 197 cm³/mol. The zero-order valence-electron chi connectivity index (χ0n) is 25.1. The van der Waals surface area contributed by atoms with E-state index < -0.39 is 0 Å². The van der Waals surface area contributed by atoms with Crippen molar-refractivity contribution in [3.8, 4) is 39.8 Å². The van der Waals surface area contributed by atoms with Gasteiger partial charge in [-0.15, -0.1) is 11.3 Å². The molecule has 5 heteroatoms. The van der Waals surface area contributed by atoms with Crippen molar-refractivity contribution in [1.82, 2.24) is 4.57 Å². The predicted octanol–water partition coefficient (Wildman–Crippen LogP) is 9.55. The smallest absolute Gasteiger partial charge is 0.260 e. The van der Waals surface area contributed by atoms with Crippen LogP contribution < -0.4 is 25.9 Å². The molecule has 0 aliphatic carbocycles. The highest BCUT2D eigenvalue weighted by atomic mass is 32.1. The number of aromatic nitrogens is 1. The molecule has 0 saturated carbocycles. The number of nitrogens with zero attached hydrogens (tertiary/aromatic N) is 1. The average Bonchev–Trinajstić information content (AvgIpc) is 3.67. The monoisotopic (exact) mass is 617 g/mol. The van der Waals surface area contributed by atoms with Gasteiger partial charge in [0.25, 0.3) is 6.71 Å². The lowest BCUT2D eigenvalue weighted by molar-refractivity contribution is 0.465. The fraction of sp³-hybridized carbons (Fsp3) is 0. The summed E-state index contributed by atoms with van der Waals surface area (Å²) in [6, 6.07) is 52.1. The van der Waals surface area contributed by atoms with Crippen molar-refractivity contribution < 1.29 is 9.47 Å². The Labute approximate surface area is 274 Å². The van der Waals surface area contributed by atoms with Crippen LogP contribution in [0.4, 0.5) is 0 Å². The Morgan fingerprint density at radius 1 is 0.489 bits per heavy atom. The van der Waals surface area contributed by atoms with Crippen LogP contribution in [0.3, 0.4) is 0 Å². The van der Waals surface area contributed by atoms with E-state index in [0.29, 0.717) is 0 Å². The van der Waals surface area contributed by atoms with Crippen LogP contribution in [0.15, 0.2) is 146 Å². The molecule has 2 aliphatic rings. The Morgan fingerprint density at radius 3 is 1.91 bits per heavy atom. The first-order valence-electron chi connectivity index (χ1n) is 16.0. The Morgan fingerprint density at radius 2 is 1.15 bits per heavy atom. The highest BCUT2D eigenvalue weighted by molar-refractivity contribution is 7.26. The van der Waals surface area contributed by atoms with E-state index in [-0.39, 0.29) is 6.71 Å². The van der Waals surface area contributed by atoms with E-state index in [4.69, 9.17) is 9.47 Å². The molecular weight excluding hydrogens is 593 g/mol. The van der Waals surface area contributed by atoms with E-state index in [2.05, 4.69) is 138 Å². The fourth-order valence-electron chi connectivity index (χ4n) is 7.88. The van der Waals surface area contributed by atoms with Crippen molar-refractivity contribution >= 4 is 76.4 Å². The van der Waals surface area contributed by atoms with Crippen LogP contribution in [-0.2, 0) is 0 Å². The molecule has 2 aromatic heterocycles. The van der Waals surface area contributed by atoms with E-state index in [0.717, 1.165) is 45.3 Å². The van der Waals surface area contributed by atoms with Crippen LogP contribution in [0.5, 0.6) is 23.0 Å². The van der Waals surface area contributed by atoms with Crippen molar-refractivity contribution in [1.29, 1.82) is 0 Å². The molecule has 0 atom stereocenters. The van der Waals surface area contributed by atoms with Gasteiger partial charge in [0.2, 0.25) is 0 Å². The van der Waals surface area contributed by atoms with Gasteiger partial charge in [-0.2, -0.15) is 0 Å². The summed E-state index contributed by atoms with van der Waals surface area (Å²) < 4.78 is 18.3. The maximum atomic E-state index is 6.63. The minimum Gasteiger partial charge on any atom is -0.458 e. The Kier molecular flexibility index (Phi) is 5.07. The first-order valence-corrected chi connectivity index (χ1v) is 16.8. The van der Waals surface area contributed by atoms with Crippen molar-refractivity contribution in [3.05, 3.63) is 146 Å². The van der Waals surface area contributed by atoms with Gasteiger partial charge in [0.05, 0.1) is 11.0 Å². The summed E-state index contributed by atoms with van der Waals surface area (Å²) in [6.45, 7) is 0.0662. The lowest BCUT2D eigenvalue weighted by Gasteiger charge is -2.33. The second-order valence-corrected chi connectivity index (χ2v) is 13.5. The van der Waals surface area contributed by atoms with Crippen LogP contribution in [-0.4, -0.2) is 11.3 Å². The SMILES string of the molecule is c1ccc(-n2c3ccc(-c4cc5c6c(c4)Oc4ccccc4B6c4ccccc4O5)cc3c3c4sc5ccccc5c4ccc32)cc1. The number of ether oxygens (including phenoxy) is 2. The number of rotatable bonds is 2. The van der Waals surface area contributed by atoms with Crippen molar-refractivity contribution in [2.75, 3.05) is 0 Å². The molecule has 0 fully saturated rings. The number of benzene rings is 7. The van der Waals surface area contributed by atoms with E-state index in [1.165, 1.54) is 52.9 Å². The molecule has 0 amide bonds. The van der Waals surface area contributed by atoms with Crippen LogP contribution in [0.1, 0.15) is 0 Å². The highest BCUT2D eigenvalue weighted by Gasteiger charge is 2.40. The molecule has 7 aromatic carbocycles. The maximum Gasteiger partial charge on any atom is 0.260 e. The van der Waals surface area contributed by atoms with Gasteiger partial charge in [-0.3, -0.25) is 0 Å². The number of hydrogen-bond acceptors (Lipinski definition) is 3. The van der Waals surface area contributed by atoms with Gasteiger partial charge in [0.15, 0.2) is 0 Å². The van der Waals surface area contributed by atoms with Crippen molar-refractivity contribution in [3.63, 3.8) is 0 Å². The molecule has 0 unspecified atom stereocenters. The summed E-state index contributed by atoms with van der Waals surface area (Å²) in [4.78, 5) is 0. The number of para-hydroxylation sites is 3. The molecule has 0 saturated heterocycles. The van der Waals surface area contributed by atoms with Gasteiger partial charge < -0.3 is 14.0 Å². The minimum atomic E-state index is 0.0662. The zero-order chi connectivity index (χ0) is 30.6. The first kappa shape index (κ1) is 25.4. The van der Waals surface area contributed by atoms with Gasteiger partial charge in [-0.25, -0.2) is 0 Å². The second kappa shape index (κ2) is 9.38. The summed E-state index contributed by atoms with van der Waals surface area (Å²) in [5.74, 6) is 3.51. The molecule has 9 aromatic rings. The molecule has 3 nitrogen and oxygen atoms in total. The summed E-state index contributed by atoms with van der Waals surface area (Å²) >= 11 is 1.88.